The van der Waals surface area contributed by atoms with Crippen LogP contribution in [0.4, 0.5) is 11.5 Å². The van der Waals surface area contributed by atoms with Gasteiger partial charge in [0.1, 0.15) is 24.0 Å². The largest absolute Gasteiger partial charge is 0.495 e. The van der Waals surface area contributed by atoms with Gasteiger partial charge in [0, 0.05) is 30.0 Å². The molecule has 0 bridgehead atoms. The van der Waals surface area contributed by atoms with Crippen LogP contribution >= 0.6 is 0 Å². The fourth-order valence-electron chi connectivity index (χ4n) is 4.29. The minimum atomic E-state index is -0.159. The van der Waals surface area contributed by atoms with Crippen LogP contribution in [0.25, 0.3) is 22.0 Å². The van der Waals surface area contributed by atoms with Crippen molar-refractivity contribution >= 4 is 28.3 Å². The second-order valence-electron chi connectivity index (χ2n) is 8.31. The van der Waals surface area contributed by atoms with E-state index in [1.54, 1.807) is 31.6 Å². The number of rotatable bonds is 8. The highest BCUT2D eigenvalue weighted by Gasteiger charge is 2.27. The number of nitrogens with one attached hydrogen (secondary N) is 1. The predicted octanol–water partition coefficient (Wildman–Crippen LogP) is 4.82. The smallest absolute Gasteiger partial charge is 0.246 e. The molecule has 9 heteroatoms. The maximum atomic E-state index is 12.0. The summed E-state index contributed by atoms with van der Waals surface area (Å²) in [5.74, 6) is 2.26. The molecule has 1 fully saturated rings. The Balaban J connectivity index is 1.48. The van der Waals surface area contributed by atoms with Crippen molar-refractivity contribution in [1.29, 1.82) is 0 Å². The molecule has 1 unspecified atom stereocenters. The van der Waals surface area contributed by atoms with Gasteiger partial charge in [-0.25, -0.2) is 9.97 Å². The molecule has 1 N–H and O–H groups in total. The van der Waals surface area contributed by atoms with Crippen LogP contribution < -0.4 is 19.5 Å². The first-order valence-corrected chi connectivity index (χ1v) is 11.5. The zero-order valence-corrected chi connectivity index (χ0v) is 20.1. The Bertz CT molecular complexity index is 1400. The Morgan fingerprint density at radius 3 is 2.72 bits per heavy atom. The van der Waals surface area contributed by atoms with Gasteiger partial charge in [-0.3, -0.25) is 4.79 Å². The Labute approximate surface area is 208 Å². The molecule has 1 aliphatic heterocycles. The van der Waals surface area contributed by atoms with E-state index in [2.05, 4.69) is 21.9 Å². The number of benzene rings is 2. The molecule has 1 amide bonds. The Hall–Kier alpha value is -4.53. The molecule has 184 valence electrons. The van der Waals surface area contributed by atoms with Crippen molar-refractivity contribution in [3.8, 4) is 28.4 Å². The summed E-state index contributed by atoms with van der Waals surface area (Å²) < 4.78 is 22.7. The van der Waals surface area contributed by atoms with Gasteiger partial charge in [-0.2, -0.15) is 0 Å². The van der Waals surface area contributed by atoms with E-state index in [4.69, 9.17) is 18.6 Å². The van der Waals surface area contributed by atoms with E-state index in [9.17, 15) is 4.79 Å². The highest BCUT2D eigenvalue weighted by Crippen LogP contribution is 2.38. The lowest BCUT2D eigenvalue weighted by Gasteiger charge is -2.19. The van der Waals surface area contributed by atoms with Crippen LogP contribution in [-0.4, -0.2) is 54.2 Å². The summed E-state index contributed by atoms with van der Waals surface area (Å²) in [6, 6.07) is 11.4. The quantitative estimate of drug-likeness (QED) is 0.354. The van der Waals surface area contributed by atoms with E-state index in [0.717, 1.165) is 28.6 Å². The van der Waals surface area contributed by atoms with E-state index >= 15 is 0 Å². The number of furan rings is 1. The van der Waals surface area contributed by atoms with Gasteiger partial charge in [-0.1, -0.05) is 12.6 Å². The predicted molar refractivity (Wildman–Crippen MR) is 136 cm³/mol. The third kappa shape index (κ3) is 4.55. The first-order chi connectivity index (χ1) is 17.6. The standard InChI is InChI=1S/C27H26N4O5/c1-4-26(32)31-9-7-19(14-31)36-25-12-20-21(13-24(25)34-3)28-16-29-27(20)30-22-11-17(5-6-23(22)33-2)18-8-10-35-15-18/h4-6,8,10-13,15-16,19H,1,7,9,14H2,2-3H3,(H,28,29,30). The van der Waals surface area contributed by atoms with Crippen molar-refractivity contribution in [3.05, 3.63) is 67.9 Å². The highest BCUT2D eigenvalue weighted by molar-refractivity contribution is 5.94. The topological polar surface area (TPSA) is 99.0 Å². The number of aromatic nitrogens is 2. The zero-order valence-electron chi connectivity index (χ0n) is 20.1. The third-order valence-corrected chi connectivity index (χ3v) is 6.15. The number of methoxy groups -OCH3 is 2. The van der Waals surface area contributed by atoms with Gasteiger partial charge in [0.15, 0.2) is 11.5 Å². The summed E-state index contributed by atoms with van der Waals surface area (Å²) in [5.41, 5.74) is 3.35. The number of hydrogen-bond donors (Lipinski definition) is 1. The minimum absolute atomic E-state index is 0.0990. The van der Waals surface area contributed by atoms with Crippen molar-refractivity contribution in [2.24, 2.45) is 0 Å². The van der Waals surface area contributed by atoms with E-state index < -0.39 is 0 Å². The average molecular weight is 487 g/mol. The van der Waals surface area contributed by atoms with E-state index in [1.165, 1.54) is 12.4 Å². The summed E-state index contributed by atoms with van der Waals surface area (Å²) in [4.78, 5) is 22.6. The number of carbonyl (C=O) groups excluding carboxylic acids is 1. The Morgan fingerprint density at radius 2 is 1.97 bits per heavy atom. The van der Waals surface area contributed by atoms with Crippen LogP contribution in [0.2, 0.25) is 0 Å². The van der Waals surface area contributed by atoms with Crippen LogP contribution in [0, 0.1) is 0 Å². The van der Waals surface area contributed by atoms with Crippen molar-refractivity contribution in [2.75, 3.05) is 32.6 Å². The first-order valence-electron chi connectivity index (χ1n) is 11.5. The molecule has 2 aromatic carbocycles. The van der Waals surface area contributed by atoms with Crippen molar-refractivity contribution < 1.29 is 23.4 Å². The Kier molecular flexibility index (Phi) is 6.44. The van der Waals surface area contributed by atoms with Crippen LogP contribution in [0.1, 0.15) is 6.42 Å². The third-order valence-electron chi connectivity index (χ3n) is 6.15. The lowest BCUT2D eigenvalue weighted by molar-refractivity contribution is -0.125. The number of nitrogens with zero attached hydrogens (tertiary/aromatic N) is 3. The maximum absolute atomic E-state index is 12.0. The molecule has 1 atom stereocenters. The lowest BCUT2D eigenvalue weighted by atomic mass is 10.1. The van der Waals surface area contributed by atoms with Gasteiger partial charge >= 0.3 is 0 Å². The number of likely N-dealkylation sites (tertiary alicyclic amines) is 1. The molecule has 0 saturated carbocycles. The molecule has 0 aliphatic carbocycles. The monoisotopic (exact) mass is 486 g/mol. The molecule has 9 nitrogen and oxygen atoms in total. The normalized spacial score (nSPS) is 15.1. The molecule has 0 spiro atoms. The van der Waals surface area contributed by atoms with Gasteiger partial charge in [0.2, 0.25) is 5.91 Å². The van der Waals surface area contributed by atoms with Crippen LogP contribution in [0.15, 0.2) is 72.3 Å². The number of hydrogen-bond acceptors (Lipinski definition) is 8. The number of fused-ring (bicyclic) bond motifs is 1. The SMILES string of the molecule is C=CC(=O)N1CCC(Oc2cc3c(Nc4cc(-c5ccoc5)ccc4OC)ncnc3cc2OC)C1. The Morgan fingerprint density at radius 1 is 1.11 bits per heavy atom. The first kappa shape index (κ1) is 23.2. The van der Waals surface area contributed by atoms with Gasteiger partial charge in [-0.05, 0) is 35.9 Å². The van der Waals surface area contributed by atoms with Gasteiger partial charge < -0.3 is 28.8 Å². The van der Waals surface area contributed by atoms with E-state index in [0.29, 0.717) is 41.7 Å². The molecule has 5 rings (SSSR count). The van der Waals surface area contributed by atoms with Gasteiger partial charge in [0.25, 0.3) is 0 Å². The van der Waals surface area contributed by atoms with Crippen molar-refractivity contribution in [1.82, 2.24) is 14.9 Å². The zero-order chi connectivity index (χ0) is 25.1. The molecule has 1 saturated heterocycles. The molecule has 2 aromatic heterocycles. The minimum Gasteiger partial charge on any atom is -0.495 e. The summed E-state index contributed by atoms with van der Waals surface area (Å²) in [6.07, 6.45) is 6.70. The number of anilines is 2. The van der Waals surface area contributed by atoms with E-state index in [1.807, 2.05) is 36.4 Å². The fourth-order valence-corrected chi connectivity index (χ4v) is 4.29. The molecule has 1 aliphatic rings. The molecular formula is C27H26N4O5. The highest BCUT2D eigenvalue weighted by atomic mass is 16.5. The summed E-state index contributed by atoms with van der Waals surface area (Å²) in [5, 5.41) is 4.14. The van der Waals surface area contributed by atoms with E-state index in [-0.39, 0.29) is 12.0 Å². The maximum Gasteiger partial charge on any atom is 0.246 e. The van der Waals surface area contributed by atoms with Crippen LogP contribution in [-0.2, 0) is 4.79 Å². The van der Waals surface area contributed by atoms with Crippen LogP contribution in [0.5, 0.6) is 17.2 Å². The molecular weight excluding hydrogens is 460 g/mol. The number of carbonyl (C=O) groups is 1. The summed E-state index contributed by atoms with van der Waals surface area (Å²) in [6.45, 7) is 4.67. The lowest BCUT2D eigenvalue weighted by Crippen LogP contribution is -2.29. The number of amides is 1. The molecule has 4 aromatic rings. The molecule has 3 heterocycles. The number of ether oxygens (including phenoxy) is 3. The van der Waals surface area contributed by atoms with Crippen LogP contribution in [0.3, 0.4) is 0 Å². The fraction of sp³-hybridized carbons (Fsp3) is 0.222. The van der Waals surface area contributed by atoms with Gasteiger partial charge in [-0.15, -0.1) is 0 Å². The second-order valence-corrected chi connectivity index (χ2v) is 8.31. The van der Waals surface area contributed by atoms with Gasteiger partial charge in [0.05, 0.1) is 44.5 Å². The summed E-state index contributed by atoms with van der Waals surface area (Å²) in [7, 11) is 3.21. The summed E-state index contributed by atoms with van der Waals surface area (Å²) >= 11 is 0. The van der Waals surface area contributed by atoms with Crippen molar-refractivity contribution in [2.45, 2.75) is 12.5 Å². The average Bonchev–Trinajstić information content (AvgIpc) is 3.61. The molecule has 0 radical (unpaired) electrons. The van der Waals surface area contributed by atoms with Crippen molar-refractivity contribution in [3.63, 3.8) is 0 Å². The molecule has 36 heavy (non-hydrogen) atoms. The second kappa shape index (κ2) is 9.99.